The molecule has 0 radical (unpaired) electrons. The zero-order valence-corrected chi connectivity index (χ0v) is 13.0. The molecule has 0 heterocycles. The summed E-state index contributed by atoms with van der Waals surface area (Å²) in [6, 6.07) is 12.0. The molecule has 0 aliphatic carbocycles. The van der Waals surface area contributed by atoms with E-state index in [-0.39, 0.29) is 10.6 Å². The van der Waals surface area contributed by atoms with Crippen LogP contribution in [0.25, 0.3) is 0 Å². The van der Waals surface area contributed by atoms with Crippen molar-refractivity contribution in [3.63, 3.8) is 0 Å². The number of nitrogens with zero attached hydrogens (tertiary/aromatic N) is 1. The Morgan fingerprint density at radius 2 is 1.81 bits per heavy atom. The predicted octanol–water partition coefficient (Wildman–Crippen LogP) is 3.43. The molecule has 0 aliphatic rings. The zero-order valence-electron chi connectivity index (χ0n) is 11.5. The largest absolute Gasteiger partial charge is 0.269 e. The van der Waals surface area contributed by atoms with Crippen LogP contribution in [0.15, 0.2) is 53.4 Å². The highest BCUT2D eigenvalue weighted by atomic mass is 35.5. The summed E-state index contributed by atoms with van der Waals surface area (Å²) in [5.74, 6) is 0.00182. The van der Waals surface area contributed by atoms with Gasteiger partial charge in [0.2, 0.25) is 0 Å². The van der Waals surface area contributed by atoms with Crippen molar-refractivity contribution in [2.24, 2.45) is 0 Å². The maximum absolute atomic E-state index is 13.2. The minimum Gasteiger partial charge on any atom is -0.269 e. The first-order valence-corrected chi connectivity index (χ1v) is 8.32. The van der Waals surface area contributed by atoms with E-state index >= 15 is 0 Å². The predicted molar refractivity (Wildman–Crippen MR) is 82.9 cm³/mol. The Kier molecular flexibility index (Phi) is 4.85. The van der Waals surface area contributed by atoms with E-state index in [1.54, 1.807) is 18.2 Å². The average molecular weight is 328 g/mol. The van der Waals surface area contributed by atoms with Gasteiger partial charge >= 0.3 is 0 Å². The van der Waals surface area contributed by atoms with Crippen LogP contribution in [0, 0.1) is 5.82 Å². The molecular weight excluding hydrogens is 313 g/mol. The lowest BCUT2D eigenvalue weighted by atomic mass is 10.2. The summed E-state index contributed by atoms with van der Waals surface area (Å²) in [5.41, 5.74) is 1.25. The number of halogens is 2. The number of sulfonamides is 1. The van der Waals surface area contributed by atoms with E-state index < -0.39 is 15.8 Å². The fourth-order valence-corrected chi connectivity index (χ4v) is 3.31. The maximum Gasteiger partial charge on any atom is 0.264 e. The Hall–Kier alpha value is -1.59. The van der Waals surface area contributed by atoms with Crippen LogP contribution < -0.4 is 4.31 Å². The lowest BCUT2D eigenvalue weighted by molar-refractivity contribution is 0.594. The van der Waals surface area contributed by atoms with Gasteiger partial charge in [-0.05, 0) is 42.3 Å². The summed E-state index contributed by atoms with van der Waals surface area (Å²) in [6.07, 6.45) is 0.682. The number of alkyl halides is 1. The molecule has 6 heteroatoms. The summed E-state index contributed by atoms with van der Waals surface area (Å²) in [7, 11) is -2.31. The van der Waals surface area contributed by atoms with E-state index in [0.29, 0.717) is 12.3 Å². The van der Waals surface area contributed by atoms with Crippen LogP contribution in [0.4, 0.5) is 10.1 Å². The third-order valence-corrected chi connectivity index (χ3v) is 5.13. The van der Waals surface area contributed by atoms with Crippen LogP contribution in [-0.4, -0.2) is 21.3 Å². The third kappa shape index (κ3) is 3.54. The van der Waals surface area contributed by atoms with Crippen molar-refractivity contribution in [1.29, 1.82) is 0 Å². The summed E-state index contributed by atoms with van der Waals surface area (Å²) in [4.78, 5) is 0.160. The Labute approximate surface area is 129 Å². The standard InChI is InChI=1S/C15H15ClFNO2S/c1-18(14-4-2-3-13(17)11-14)21(19,20)15-7-5-12(6-8-15)9-10-16/h2-8,11H,9-10H2,1H3. The van der Waals surface area contributed by atoms with Gasteiger partial charge in [0.1, 0.15) is 5.82 Å². The molecule has 0 amide bonds. The second-order valence-electron chi connectivity index (χ2n) is 4.54. The monoisotopic (exact) mass is 327 g/mol. The molecular formula is C15H15ClFNO2S. The highest BCUT2D eigenvalue weighted by Gasteiger charge is 2.21. The summed E-state index contributed by atoms with van der Waals surface area (Å²) in [5, 5.41) is 0. The number of hydrogen-bond acceptors (Lipinski definition) is 2. The molecule has 0 spiro atoms. The quantitative estimate of drug-likeness (QED) is 0.789. The SMILES string of the molecule is CN(c1cccc(F)c1)S(=O)(=O)c1ccc(CCCl)cc1. The van der Waals surface area contributed by atoms with Crippen molar-refractivity contribution in [2.75, 3.05) is 17.2 Å². The molecule has 2 rings (SSSR count). The molecule has 0 bridgehead atoms. The van der Waals surface area contributed by atoms with E-state index in [1.165, 1.54) is 37.4 Å². The molecule has 112 valence electrons. The highest BCUT2D eigenvalue weighted by Crippen LogP contribution is 2.22. The van der Waals surface area contributed by atoms with Gasteiger partial charge in [-0.15, -0.1) is 11.6 Å². The summed E-state index contributed by atoms with van der Waals surface area (Å²) in [6.45, 7) is 0. The topological polar surface area (TPSA) is 37.4 Å². The van der Waals surface area contributed by atoms with Crippen molar-refractivity contribution in [3.8, 4) is 0 Å². The normalized spacial score (nSPS) is 11.4. The van der Waals surface area contributed by atoms with Gasteiger partial charge in [-0.1, -0.05) is 18.2 Å². The lowest BCUT2D eigenvalue weighted by Gasteiger charge is -2.19. The van der Waals surface area contributed by atoms with Crippen molar-refractivity contribution in [3.05, 3.63) is 59.9 Å². The zero-order chi connectivity index (χ0) is 15.5. The molecule has 2 aromatic rings. The van der Waals surface area contributed by atoms with E-state index in [9.17, 15) is 12.8 Å². The van der Waals surface area contributed by atoms with Crippen molar-refractivity contribution in [2.45, 2.75) is 11.3 Å². The minimum atomic E-state index is -3.71. The van der Waals surface area contributed by atoms with Crippen LogP contribution in [0.1, 0.15) is 5.56 Å². The molecule has 0 aliphatic heterocycles. The highest BCUT2D eigenvalue weighted by molar-refractivity contribution is 7.92. The Balaban J connectivity index is 2.32. The lowest BCUT2D eigenvalue weighted by Crippen LogP contribution is -2.26. The van der Waals surface area contributed by atoms with Gasteiger partial charge in [-0.2, -0.15) is 0 Å². The van der Waals surface area contributed by atoms with Gasteiger partial charge in [-0.3, -0.25) is 4.31 Å². The van der Waals surface area contributed by atoms with Crippen molar-refractivity contribution in [1.82, 2.24) is 0 Å². The molecule has 0 N–H and O–H groups in total. The smallest absolute Gasteiger partial charge is 0.264 e. The van der Waals surface area contributed by atoms with E-state index in [2.05, 4.69) is 0 Å². The van der Waals surface area contributed by atoms with E-state index in [1.807, 2.05) is 0 Å². The van der Waals surface area contributed by atoms with Gasteiger partial charge in [0.15, 0.2) is 0 Å². The number of benzene rings is 2. The Morgan fingerprint density at radius 3 is 2.38 bits per heavy atom. The van der Waals surface area contributed by atoms with Crippen molar-refractivity contribution < 1.29 is 12.8 Å². The fraction of sp³-hybridized carbons (Fsp3) is 0.200. The molecule has 0 aromatic heterocycles. The summed E-state index contributed by atoms with van der Waals surface area (Å²) >= 11 is 5.65. The molecule has 0 saturated heterocycles. The molecule has 0 saturated carbocycles. The second kappa shape index (κ2) is 6.45. The molecule has 0 unspecified atom stereocenters. The van der Waals surface area contributed by atoms with Crippen molar-refractivity contribution >= 4 is 27.3 Å². The van der Waals surface area contributed by atoms with Gasteiger partial charge in [0.05, 0.1) is 10.6 Å². The first-order chi connectivity index (χ1) is 9.95. The Bertz CT molecular complexity index is 717. The molecule has 2 aromatic carbocycles. The molecule has 0 fully saturated rings. The van der Waals surface area contributed by atoms with Gasteiger partial charge in [-0.25, -0.2) is 12.8 Å². The van der Waals surface area contributed by atoms with Gasteiger partial charge < -0.3 is 0 Å². The van der Waals surface area contributed by atoms with Crippen LogP contribution in [0.2, 0.25) is 0 Å². The molecule has 0 atom stereocenters. The number of anilines is 1. The van der Waals surface area contributed by atoms with E-state index in [0.717, 1.165) is 9.87 Å². The average Bonchev–Trinajstić information content (AvgIpc) is 2.47. The van der Waals surface area contributed by atoms with Crippen LogP contribution >= 0.6 is 11.6 Å². The number of aryl methyl sites for hydroxylation is 1. The molecule has 3 nitrogen and oxygen atoms in total. The first-order valence-electron chi connectivity index (χ1n) is 6.34. The number of rotatable bonds is 5. The minimum absolute atomic E-state index is 0.160. The van der Waals surface area contributed by atoms with Gasteiger partial charge in [0, 0.05) is 12.9 Å². The third-order valence-electron chi connectivity index (χ3n) is 3.14. The van der Waals surface area contributed by atoms with Gasteiger partial charge in [0.25, 0.3) is 10.0 Å². The van der Waals surface area contributed by atoms with Crippen LogP contribution in [-0.2, 0) is 16.4 Å². The fourth-order valence-electron chi connectivity index (χ4n) is 1.91. The van der Waals surface area contributed by atoms with Crippen LogP contribution in [0.3, 0.4) is 0 Å². The number of hydrogen-bond donors (Lipinski definition) is 0. The Morgan fingerprint density at radius 1 is 1.14 bits per heavy atom. The molecule has 21 heavy (non-hydrogen) atoms. The maximum atomic E-state index is 13.2. The summed E-state index contributed by atoms with van der Waals surface area (Å²) < 4.78 is 39.3. The second-order valence-corrected chi connectivity index (χ2v) is 6.88. The van der Waals surface area contributed by atoms with Crippen LogP contribution in [0.5, 0.6) is 0 Å². The first kappa shape index (κ1) is 15.8. The van der Waals surface area contributed by atoms with E-state index in [4.69, 9.17) is 11.6 Å².